The summed E-state index contributed by atoms with van der Waals surface area (Å²) in [5, 5.41) is 10.9. The van der Waals surface area contributed by atoms with E-state index in [1.54, 1.807) is 48.8 Å². The number of benzene rings is 3. The Morgan fingerprint density at radius 1 is 1.05 bits per heavy atom. The number of aromatic nitrogens is 1. The molecule has 0 saturated carbocycles. The first-order valence-corrected chi connectivity index (χ1v) is 14.9. The van der Waals surface area contributed by atoms with Gasteiger partial charge in [0.25, 0.3) is 11.2 Å². The van der Waals surface area contributed by atoms with Crippen LogP contribution in [0.2, 0.25) is 0 Å². The summed E-state index contributed by atoms with van der Waals surface area (Å²) in [4.78, 5) is 42.5. The molecule has 5 rings (SSSR count). The molecule has 2 heterocycles. The number of allylic oxidation sites excluding steroid dienone is 1. The molecule has 0 bridgehead atoms. The van der Waals surface area contributed by atoms with Crippen LogP contribution in [0.4, 0.5) is 5.69 Å². The van der Waals surface area contributed by atoms with Gasteiger partial charge >= 0.3 is 5.97 Å². The summed E-state index contributed by atoms with van der Waals surface area (Å²) in [5.74, 6) is 0.788. The predicted octanol–water partition coefficient (Wildman–Crippen LogP) is 5.07. The fraction of sp³-hybridized carbons (Fsp3) is 0.242. The van der Waals surface area contributed by atoms with Crippen LogP contribution in [-0.4, -0.2) is 28.2 Å². The van der Waals surface area contributed by atoms with Crippen molar-refractivity contribution in [2.24, 2.45) is 4.99 Å². The topological polar surface area (TPSA) is 122 Å². The van der Waals surface area contributed by atoms with Gasteiger partial charge in [0.15, 0.2) is 4.80 Å². The number of nitrogens with zero attached hydrogens (tertiary/aromatic N) is 3. The van der Waals surface area contributed by atoms with E-state index >= 15 is 0 Å². The highest BCUT2D eigenvalue weighted by atomic mass is 32.1. The van der Waals surface area contributed by atoms with Crippen LogP contribution in [-0.2, 0) is 16.1 Å². The fourth-order valence-corrected chi connectivity index (χ4v) is 5.85. The highest BCUT2D eigenvalue weighted by molar-refractivity contribution is 7.07. The van der Waals surface area contributed by atoms with E-state index in [4.69, 9.17) is 14.2 Å². The average molecular weight is 614 g/mol. The van der Waals surface area contributed by atoms with Gasteiger partial charge in [0.2, 0.25) is 0 Å². The van der Waals surface area contributed by atoms with Gasteiger partial charge in [-0.25, -0.2) is 9.79 Å². The molecule has 0 saturated heterocycles. The number of hydrogen-bond donors (Lipinski definition) is 0. The number of nitro benzene ring substituents is 1. The van der Waals surface area contributed by atoms with Crippen molar-refractivity contribution in [3.8, 4) is 11.5 Å². The number of nitro groups is 1. The minimum Gasteiger partial charge on any atom is -0.491 e. The summed E-state index contributed by atoms with van der Waals surface area (Å²) in [5.41, 5.74) is 2.89. The number of carbonyl (C=O) groups excluding carboxylic acids is 1. The molecule has 0 N–H and O–H groups in total. The van der Waals surface area contributed by atoms with Crippen LogP contribution in [0.15, 0.2) is 93.9 Å². The van der Waals surface area contributed by atoms with E-state index in [2.05, 4.69) is 4.99 Å². The van der Waals surface area contributed by atoms with Crippen molar-refractivity contribution >= 4 is 29.1 Å². The van der Waals surface area contributed by atoms with Crippen LogP contribution in [0, 0.1) is 10.1 Å². The molecule has 1 atom stereocenters. The predicted molar refractivity (Wildman–Crippen MR) is 166 cm³/mol. The molecule has 226 valence electrons. The molecule has 10 nitrogen and oxygen atoms in total. The molecule has 1 aliphatic rings. The fourth-order valence-electron chi connectivity index (χ4n) is 4.80. The molecule has 44 heavy (non-hydrogen) atoms. The lowest BCUT2D eigenvalue weighted by Crippen LogP contribution is -2.39. The summed E-state index contributed by atoms with van der Waals surface area (Å²) in [6.45, 7) is 7.83. The second-order valence-electron chi connectivity index (χ2n) is 10.3. The standard InChI is InChI=1S/C33H31N3O7S/c1-5-41-32(38)29-21(4)34-33-35(30(29)24-10-16-27(17-11-24)43-20(2)3)31(37)28(44-33)18-22-8-14-26(15-9-22)42-19-23-6-12-25(13-7-23)36(39)40/h6-18,20,30H,5,19H2,1-4H3/b28-18-/t30-/m0/s1. The summed E-state index contributed by atoms with van der Waals surface area (Å²) < 4.78 is 19.0. The van der Waals surface area contributed by atoms with Crippen molar-refractivity contribution in [1.29, 1.82) is 0 Å². The van der Waals surface area contributed by atoms with E-state index in [9.17, 15) is 19.7 Å². The Bertz CT molecular complexity index is 1890. The normalized spacial score (nSPS) is 14.7. The minimum atomic E-state index is -0.712. The van der Waals surface area contributed by atoms with Crippen LogP contribution in [0.25, 0.3) is 6.08 Å². The Morgan fingerprint density at radius 3 is 2.32 bits per heavy atom. The van der Waals surface area contributed by atoms with Gasteiger partial charge in [-0.2, -0.15) is 0 Å². The van der Waals surface area contributed by atoms with E-state index in [-0.39, 0.29) is 30.6 Å². The number of carbonyl (C=O) groups is 1. The van der Waals surface area contributed by atoms with E-state index in [1.165, 1.54) is 23.5 Å². The number of fused-ring (bicyclic) bond motifs is 1. The van der Waals surface area contributed by atoms with E-state index in [1.807, 2.05) is 50.2 Å². The zero-order chi connectivity index (χ0) is 31.4. The monoisotopic (exact) mass is 613 g/mol. The Labute approximate surface area is 257 Å². The lowest BCUT2D eigenvalue weighted by molar-refractivity contribution is -0.384. The van der Waals surface area contributed by atoms with E-state index in [0.717, 1.165) is 16.7 Å². The van der Waals surface area contributed by atoms with Crippen LogP contribution >= 0.6 is 11.3 Å². The van der Waals surface area contributed by atoms with E-state index in [0.29, 0.717) is 32.1 Å². The maximum atomic E-state index is 13.9. The molecule has 1 aromatic heterocycles. The third-order valence-corrected chi connectivity index (χ3v) is 7.80. The molecular formula is C33H31N3O7S. The smallest absolute Gasteiger partial charge is 0.338 e. The highest BCUT2D eigenvalue weighted by Crippen LogP contribution is 2.32. The van der Waals surface area contributed by atoms with Gasteiger partial charge in [0, 0.05) is 12.1 Å². The maximum Gasteiger partial charge on any atom is 0.338 e. The second-order valence-corrected chi connectivity index (χ2v) is 11.3. The lowest BCUT2D eigenvalue weighted by atomic mass is 9.96. The Morgan fingerprint density at radius 2 is 1.70 bits per heavy atom. The largest absolute Gasteiger partial charge is 0.491 e. The number of rotatable bonds is 10. The summed E-state index contributed by atoms with van der Waals surface area (Å²) in [6.07, 6.45) is 1.79. The maximum absolute atomic E-state index is 13.9. The summed E-state index contributed by atoms with van der Waals surface area (Å²) in [7, 11) is 0. The van der Waals surface area contributed by atoms with Gasteiger partial charge in [0.05, 0.1) is 39.5 Å². The molecule has 0 fully saturated rings. The van der Waals surface area contributed by atoms with Crippen LogP contribution in [0.1, 0.15) is 50.4 Å². The van der Waals surface area contributed by atoms with Crippen molar-refractivity contribution in [3.05, 3.63) is 131 Å². The van der Waals surface area contributed by atoms with Crippen molar-refractivity contribution in [3.63, 3.8) is 0 Å². The Kier molecular flexibility index (Phi) is 9.05. The van der Waals surface area contributed by atoms with Gasteiger partial charge in [-0.3, -0.25) is 19.5 Å². The van der Waals surface area contributed by atoms with Crippen LogP contribution in [0.5, 0.6) is 11.5 Å². The summed E-state index contributed by atoms with van der Waals surface area (Å²) in [6, 6.07) is 20.1. The molecule has 0 unspecified atom stereocenters. The number of non-ortho nitro benzene ring substituents is 1. The number of ether oxygens (including phenoxy) is 3. The SMILES string of the molecule is CCOC(=O)C1=C(C)N=c2s/c(=C\c3ccc(OCc4ccc([N+](=O)[O-])cc4)cc3)c(=O)n2[C@H]1c1ccc(OC(C)C)cc1. The third kappa shape index (κ3) is 6.63. The van der Waals surface area contributed by atoms with Crippen LogP contribution in [0.3, 0.4) is 0 Å². The molecule has 0 spiro atoms. The molecule has 11 heteroatoms. The highest BCUT2D eigenvalue weighted by Gasteiger charge is 2.33. The van der Waals surface area contributed by atoms with Gasteiger partial charge < -0.3 is 14.2 Å². The average Bonchev–Trinajstić information content (AvgIpc) is 3.30. The molecule has 0 amide bonds. The number of thiazole rings is 1. The molecule has 0 aliphatic carbocycles. The number of esters is 1. The molecule has 1 aliphatic heterocycles. The summed E-state index contributed by atoms with van der Waals surface area (Å²) >= 11 is 1.25. The van der Waals surface area contributed by atoms with Crippen molar-refractivity contribution < 1.29 is 23.9 Å². The van der Waals surface area contributed by atoms with Crippen molar-refractivity contribution in [1.82, 2.24) is 4.57 Å². The van der Waals surface area contributed by atoms with Gasteiger partial charge in [0.1, 0.15) is 18.1 Å². The molecule has 4 aromatic rings. The zero-order valence-corrected chi connectivity index (χ0v) is 25.5. The molecular weight excluding hydrogens is 582 g/mol. The van der Waals surface area contributed by atoms with Crippen LogP contribution < -0.4 is 24.4 Å². The van der Waals surface area contributed by atoms with Gasteiger partial charge in [-0.05, 0) is 86.9 Å². The lowest BCUT2D eigenvalue weighted by Gasteiger charge is -2.25. The van der Waals surface area contributed by atoms with Crippen molar-refractivity contribution in [2.75, 3.05) is 6.61 Å². The third-order valence-electron chi connectivity index (χ3n) is 6.82. The Hall–Kier alpha value is -5.03. The molecule has 0 radical (unpaired) electrons. The quantitative estimate of drug-likeness (QED) is 0.139. The second kappa shape index (κ2) is 13.1. The molecule has 3 aromatic carbocycles. The first-order valence-electron chi connectivity index (χ1n) is 14.1. The van der Waals surface area contributed by atoms with Crippen molar-refractivity contribution in [2.45, 2.75) is 46.4 Å². The first-order chi connectivity index (χ1) is 21.1. The minimum absolute atomic E-state index is 0.00596. The Balaban J connectivity index is 1.44. The number of hydrogen-bond acceptors (Lipinski definition) is 9. The first kappa shape index (κ1) is 30.4. The van der Waals surface area contributed by atoms with Gasteiger partial charge in [-0.1, -0.05) is 35.6 Å². The van der Waals surface area contributed by atoms with E-state index < -0.39 is 16.9 Å². The van der Waals surface area contributed by atoms with Gasteiger partial charge in [-0.15, -0.1) is 0 Å². The zero-order valence-electron chi connectivity index (χ0n) is 24.7.